The van der Waals surface area contributed by atoms with E-state index < -0.39 is 5.60 Å². The van der Waals surface area contributed by atoms with Crippen LogP contribution in [0.25, 0.3) is 0 Å². The zero-order chi connectivity index (χ0) is 26.2. The quantitative estimate of drug-likeness (QED) is 0.637. The molecular weight excluding hydrogens is 490 g/mol. The molecule has 1 aromatic carbocycles. The van der Waals surface area contributed by atoms with E-state index in [9.17, 15) is 4.79 Å². The Balaban J connectivity index is 1.23. The molecule has 3 aliphatic heterocycles. The lowest BCUT2D eigenvalue weighted by molar-refractivity contribution is 0.0139. The van der Waals surface area contributed by atoms with Gasteiger partial charge < -0.3 is 25.2 Å². The molecule has 37 heavy (non-hydrogen) atoms. The van der Waals surface area contributed by atoms with Crippen molar-refractivity contribution < 1.29 is 9.53 Å². The lowest BCUT2D eigenvalue weighted by atomic mass is 9.90. The van der Waals surface area contributed by atoms with Gasteiger partial charge in [-0.25, -0.2) is 4.79 Å². The van der Waals surface area contributed by atoms with Crippen molar-refractivity contribution in [3.8, 4) is 0 Å². The fourth-order valence-electron chi connectivity index (χ4n) is 5.84. The van der Waals surface area contributed by atoms with Crippen LogP contribution in [0.3, 0.4) is 0 Å². The number of carbonyl (C=O) groups excluding carboxylic acids is 1. The number of anilines is 3. The van der Waals surface area contributed by atoms with Crippen LogP contribution < -0.4 is 15.5 Å². The fourth-order valence-corrected chi connectivity index (χ4v) is 5.98. The van der Waals surface area contributed by atoms with Crippen LogP contribution in [0.2, 0.25) is 5.15 Å². The van der Waals surface area contributed by atoms with Gasteiger partial charge in [-0.1, -0.05) is 23.7 Å². The summed E-state index contributed by atoms with van der Waals surface area (Å²) in [7, 11) is 0. The van der Waals surface area contributed by atoms with Crippen LogP contribution in [0.4, 0.5) is 22.0 Å². The third kappa shape index (κ3) is 6.04. The van der Waals surface area contributed by atoms with Gasteiger partial charge in [0.1, 0.15) is 5.60 Å². The topological polar surface area (TPSA) is 91.1 Å². The number of amides is 1. The highest BCUT2D eigenvalue weighted by atomic mass is 35.5. The zero-order valence-electron chi connectivity index (χ0n) is 22.1. The molecule has 9 nitrogen and oxygen atoms in total. The number of piperazine rings is 2. The third-order valence-corrected chi connectivity index (χ3v) is 7.66. The molecule has 5 rings (SSSR count). The lowest BCUT2D eigenvalue weighted by Gasteiger charge is -2.52. The zero-order valence-corrected chi connectivity index (χ0v) is 22.8. The maximum absolute atomic E-state index is 12.4. The van der Waals surface area contributed by atoms with Gasteiger partial charge in [-0.05, 0) is 57.7 Å². The van der Waals surface area contributed by atoms with Crippen LogP contribution in [-0.2, 0) is 11.3 Å². The Bertz CT molecular complexity index is 1100. The van der Waals surface area contributed by atoms with E-state index in [0.717, 1.165) is 51.3 Å². The summed E-state index contributed by atoms with van der Waals surface area (Å²) in [5.74, 6) is 0.435. The first kappa shape index (κ1) is 25.9. The van der Waals surface area contributed by atoms with Crippen LogP contribution in [-0.4, -0.2) is 83.0 Å². The molecule has 200 valence electrons. The first-order valence-electron chi connectivity index (χ1n) is 13.3. The number of benzene rings is 1. The Kier molecular flexibility index (Phi) is 7.36. The van der Waals surface area contributed by atoms with Crippen molar-refractivity contribution >= 4 is 34.9 Å². The molecule has 0 saturated carbocycles. The summed E-state index contributed by atoms with van der Waals surface area (Å²) >= 11 is 6.13. The summed E-state index contributed by atoms with van der Waals surface area (Å²) in [4.78, 5) is 21.6. The van der Waals surface area contributed by atoms with E-state index in [1.807, 2.05) is 31.7 Å². The van der Waals surface area contributed by atoms with Crippen molar-refractivity contribution in [2.75, 3.05) is 54.8 Å². The molecular formula is C27H38ClN7O2. The van der Waals surface area contributed by atoms with Gasteiger partial charge >= 0.3 is 6.09 Å². The number of hydrogen-bond donors (Lipinski definition) is 1. The molecule has 3 saturated heterocycles. The molecule has 2 atom stereocenters. The normalized spacial score (nSPS) is 22.8. The number of ether oxygens (including phenoxy) is 1. The Morgan fingerprint density at radius 2 is 1.78 bits per heavy atom. The summed E-state index contributed by atoms with van der Waals surface area (Å²) in [5.41, 5.74) is 9.17. The van der Waals surface area contributed by atoms with E-state index in [0.29, 0.717) is 36.1 Å². The predicted molar refractivity (Wildman–Crippen MR) is 147 cm³/mol. The molecule has 0 unspecified atom stereocenters. The van der Waals surface area contributed by atoms with Gasteiger partial charge in [0, 0.05) is 69.7 Å². The lowest BCUT2D eigenvalue weighted by Crippen LogP contribution is -2.61. The van der Waals surface area contributed by atoms with Gasteiger partial charge in [-0.2, -0.15) is 0 Å². The third-order valence-electron chi connectivity index (χ3n) is 7.47. The molecule has 0 spiro atoms. The molecule has 1 amide bonds. The van der Waals surface area contributed by atoms with E-state index in [1.165, 1.54) is 17.7 Å². The molecule has 3 fully saturated rings. The van der Waals surface area contributed by atoms with Gasteiger partial charge in [0.15, 0.2) is 11.0 Å². The van der Waals surface area contributed by atoms with Crippen LogP contribution in [0, 0.1) is 0 Å². The van der Waals surface area contributed by atoms with Gasteiger partial charge in [0.2, 0.25) is 0 Å². The van der Waals surface area contributed by atoms with E-state index in [4.69, 9.17) is 22.1 Å². The van der Waals surface area contributed by atoms with Crippen molar-refractivity contribution in [3.63, 3.8) is 0 Å². The summed E-state index contributed by atoms with van der Waals surface area (Å²) in [6.45, 7) is 11.4. The Hall–Kier alpha value is -2.78. The largest absolute Gasteiger partial charge is 0.444 e. The molecule has 4 heterocycles. The second kappa shape index (κ2) is 10.5. The summed E-state index contributed by atoms with van der Waals surface area (Å²) in [6, 6.07) is 11.6. The number of nitrogens with two attached hydrogens (primary N) is 1. The number of carbonyl (C=O) groups is 1. The molecule has 2 bridgehead atoms. The minimum Gasteiger partial charge on any atom is -0.444 e. The molecule has 3 aliphatic rings. The first-order chi connectivity index (χ1) is 17.7. The molecule has 2 N–H and O–H groups in total. The number of hydrogen-bond acceptors (Lipinski definition) is 8. The number of piperidine rings is 1. The second-order valence-electron chi connectivity index (χ2n) is 11.4. The highest BCUT2D eigenvalue weighted by Crippen LogP contribution is 2.37. The summed E-state index contributed by atoms with van der Waals surface area (Å²) in [6.07, 6.45) is 3.32. The Labute approximate surface area is 224 Å². The van der Waals surface area contributed by atoms with Gasteiger partial charge in [-0.15, -0.1) is 10.2 Å². The number of fused-ring (bicyclic) bond motifs is 2. The fraction of sp³-hybridized carbons (Fsp3) is 0.593. The maximum Gasteiger partial charge on any atom is 0.410 e. The maximum atomic E-state index is 12.4. The van der Waals surface area contributed by atoms with Crippen LogP contribution in [0.5, 0.6) is 0 Å². The van der Waals surface area contributed by atoms with Crippen LogP contribution in [0.15, 0.2) is 30.3 Å². The molecule has 2 aromatic rings. The average Bonchev–Trinajstić information content (AvgIpc) is 2.84. The summed E-state index contributed by atoms with van der Waals surface area (Å²) in [5, 5.41) is 8.28. The number of halogens is 1. The standard InChI is InChI=1S/C27H38ClN7O2/c1-27(2,3)37-26(36)33-12-10-32(11-13-33)16-19-6-4-7-20(14-19)35-21-8-5-9-22(35)18-34(17-21)23-15-24(28)30-31-25(23)29/h4,6-7,14-15,21-22H,5,8-13,16-18H2,1-3H3,(H2,29,31)/t21-,22-/m0/s1. The minimum absolute atomic E-state index is 0.216. The molecule has 10 heteroatoms. The van der Waals surface area contributed by atoms with E-state index >= 15 is 0 Å². The van der Waals surface area contributed by atoms with Crippen LogP contribution in [0.1, 0.15) is 45.6 Å². The highest BCUT2D eigenvalue weighted by Gasteiger charge is 2.38. The van der Waals surface area contributed by atoms with Crippen molar-refractivity contribution in [2.24, 2.45) is 0 Å². The molecule has 0 radical (unpaired) electrons. The van der Waals surface area contributed by atoms with E-state index in [-0.39, 0.29) is 6.09 Å². The number of aromatic nitrogens is 2. The highest BCUT2D eigenvalue weighted by molar-refractivity contribution is 6.29. The Morgan fingerprint density at radius 1 is 1.08 bits per heavy atom. The SMILES string of the molecule is CC(C)(C)OC(=O)N1CCN(Cc2cccc(N3[C@H]4CCC[C@H]3CN(c3cc(Cl)nnc3N)C4)c2)CC1. The van der Waals surface area contributed by atoms with E-state index in [1.54, 1.807) is 0 Å². The van der Waals surface area contributed by atoms with Crippen molar-refractivity contribution in [1.29, 1.82) is 0 Å². The average molecular weight is 528 g/mol. The van der Waals surface area contributed by atoms with Crippen molar-refractivity contribution in [2.45, 2.75) is 64.3 Å². The first-order valence-corrected chi connectivity index (χ1v) is 13.7. The smallest absolute Gasteiger partial charge is 0.410 e. The molecule has 1 aromatic heterocycles. The number of rotatable bonds is 4. The van der Waals surface area contributed by atoms with Crippen molar-refractivity contribution in [3.05, 3.63) is 41.0 Å². The molecule has 0 aliphatic carbocycles. The number of nitrogen functional groups attached to an aromatic ring is 1. The predicted octanol–water partition coefficient (Wildman–Crippen LogP) is 4.01. The van der Waals surface area contributed by atoms with E-state index in [2.05, 4.69) is 49.2 Å². The minimum atomic E-state index is -0.465. The van der Waals surface area contributed by atoms with Gasteiger partial charge in [-0.3, -0.25) is 4.90 Å². The van der Waals surface area contributed by atoms with Gasteiger partial charge in [0.25, 0.3) is 0 Å². The second-order valence-corrected chi connectivity index (χ2v) is 11.8. The monoisotopic (exact) mass is 527 g/mol. The Morgan fingerprint density at radius 3 is 2.46 bits per heavy atom. The van der Waals surface area contributed by atoms with Gasteiger partial charge in [0.05, 0.1) is 5.69 Å². The van der Waals surface area contributed by atoms with Crippen LogP contribution >= 0.6 is 11.6 Å². The summed E-state index contributed by atoms with van der Waals surface area (Å²) < 4.78 is 5.54. The van der Waals surface area contributed by atoms with Crippen molar-refractivity contribution in [1.82, 2.24) is 20.0 Å². The number of nitrogens with zero attached hydrogens (tertiary/aromatic N) is 6.